The summed E-state index contributed by atoms with van der Waals surface area (Å²) in [6, 6.07) is 11.2. The number of anilines is 1. The third kappa shape index (κ3) is 5.65. The van der Waals surface area contributed by atoms with Gasteiger partial charge in [0.25, 0.3) is 11.8 Å². The highest BCUT2D eigenvalue weighted by molar-refractivity contribution is 6.04. The van der Waals surface area contributed by atoms with E-state index in [1.165, 1.54) is 42.7 Å². The molecule has 10 nitrogen and oxygen atoms in total. The van der Waals surface area contributed by atoms with Gasteiger partial charge < -0.3 is 24.2 Å². The molecule has 0 saturated heterocycles. The molecule has 2 aromatic heterocycles. The van der Waals surface area contributed by atoms with Gasteiger partial charge in [0.1, 0.15) is 5.76 Å². The monoisotopic (exact) mass is 493 g/mol. The Morgan fingerprint density at radius 3 is 2.44 bits per heavy atom. The molecule has 1 saturated carbocycles. The van der Waals surface area contributed by atoms with Crippen LogP contribution in [0.2, 0.25) is 0 Å². The van der Waals surface area contributed by atoms with E-state index in [1.807, 2.05) is 0 Å². The Kier molecular flexibility index (Phi) is 7.84. The van der Waals surface area contributed by atoms with Crippen molar-refractivity contribution in [1.29, 1.82) is 0 Å². The van der Waals surface area contributed by atoms with Crippen LogP contribution in [0.5, 0.6) is 0 Å². The van der Waals surface area contributed by atoms with Gasteiger partial charge in [-0.2, -0.15) is 0 Å². The number of benzene rings is 1. The molecule has 0 aliphatic heterocycles. The minimum Gasteiger partial charge on any atom is -0.467 e. The van der Waals surface area contributed by atoms with E-state index in [0.29, 0.717) is 0 Å². The molecule has 0 spiro atoms. The van der Waals surface area contributed by atoms with Crippen LogP contribution < -0.4 is 15.5 Å². The number of rotatable bonds is 9. The van der Waals surface area contributed by atoms with Crippen molar-refractivity contribution in [1.82, 2.24) is 10.6 Å². The van der Waals surface area contributed by atoms with Gasteiger partial charge in [0.2, 0.25) is 5.91 Å². The molecule has 1 atom stereocenters. The fourth-order valence-electron chi connectivity index (χ4n) is 4.24. The van der Waals surface area contributed by atoms with Crippen LogP contribution in [0.1, 0.15) is 58.4 Å². The van der Waals surface area contributed by atoms with Gasteiger partial charge >= 0.3 is 5.97 Å². The zero-order valence-corrected chi connectivity index (χ0v) is 19.8. The lowest BCUT2D eigenvalue weighted by molar-refractivity contribution is -0.127. The number of esters is 1. The number of ether oxygens (including phenoxy) is 1. The first-order valence-electron chi connectivity index (χ1n) is 11.6. The van der Waals surface area contributed by atoms with Gasteiger partial charge in [0.05, 0.1) is 31.7 Å². The van der Waals surface area contributed by atoms with Crippen molar-refractivity contribution in [2.45, 2.75) is 37.8 Å². The molecule has 2 heterocycles. The lowest BCUT2D eigenvalue weighted by atomic mass is 10.1. The molecular weight excluding hydrogens is 466 g/mol. The number of carbonyl (C=O) groups excluding carboxylic acids is 4. The average molecular weight is 494 g/mol. The Balaban J connectivity index is 1.68. The van der Waals surface area contributed by atoms with E-state index in [0.717, 1.165) is 25.7 Å². The third-order valence-electron chi connectivity index (χ3n) is 5.98. The summed E-state index contributed by atoms with van der Waals surface area (Å²) in [7, 11) is 1.25. The number of methoxy groups -OCH3 is 1. The zero-order valence-electron chi connectivity index (χ0n) is 19.8. The molecule has 1 aromatic carbocycles. The largest absolute Gasteiger partial charge is 0.467 e. The van der Waals surface area contributed by atoms with Gasteiger partial charge in [0, 0.05) is 11.7 Å². The van der Waals surface area contributed by atoms with Crippen molar-refractivity contribution in [2.24, 2.45) is 0 Å². The third-order valence-corrected chi connectivity index (χ3v) is 5.98. The van der Waals surface area contributed by atoms with E-state index in [9.17, 15) is 19.2 Å². The first kappa shape index (κ1) is 24.8. The fraction of sp³-hybridized carbons (Fsp3) is 0.308. The number of amides is 3. The highest BCUT2D eigenvalue weighted by Crippen LogP contribution is 2.30. The predicted octanol–water partition coefficient (Wildman–Crippen LogP) is 3.22. The molecule has 1 aliphatic carbocycles. The molecule has 1 fully saturated rings. The SMILES string of the molecule is COC(=O)c1cccc(N(C(=O)CNC(=O)c2ccco2)[C@H](C(=O)NC2CCCC2)c2ccco2)c1. The van der Waals surface area contributed by atoms with E-state index < -0.39 is 36.3 Å². The lowest BCUT2D eigenvalue weighted by Crippen LogP contribution is -2.49. The summed E-state index contributed by atoms with van der Waals surface area (Å²) in [6.45, 7) is -0.435. The summed E-state index contributed by atoms with van der Waals surface area (Å²) in [5, 5.41) is 5.54. The quantitative estimate of drug-likeness (QED) is 0.438. The normalized spacial score (nSPS) is 14.1. The minimum absolute atomic E-state index is 0.00743. The van der Waals surface area contributed by atoms with Crippen LogP contribution in [-0.4, -0.2) is 43.4 Å². The van der Waals surface area contributed by atoms with Gasteiger partial charge in [-0.1, -0.05) is 18.9 Å². The topological polar surface area (TPSA) is 131 Å². The van der Waals surface area contributed by atoms with Gasteiger partial charge in [0.15, 0.2) is 11.8 Å². The average Bonchev–Trinajstić information content (AvgIpc) is 3.69. The van der Waals surface area contributed by atoms with Crippen molar-refractivity contribution in [2.75, 3.05) is 18.6 Å². The lowest BCUT2D eigenvalue weighted by Gasteiger charge is -2.31. The predicted molar refractivity (Wildman–Crippen MR) is 128 cm³/mol. The van der Waals surface area contributed by atoms with Gasteiger partial charge in [-0.15, -0.1) is 0 Å². The van der Waals surface area contributed by atoms with Gasteiger partial charge in [-0.05, 0) is 55.3 Å². The van der Waals surface area contributed by atoms with E-state index in [2.05, 4.69) is 10.6 Å². The molecule has 1 aliphatic rings. The summed E-state index contributed by atoms with van der Waals surface area (Å²) in [5.41, 5.74) is 0.458. The molecule has 0 radical (unpaired) electrons. The smallest absolute Gasteiger partial charge is 0.337 e. The number of hydrogen-bond acceptors (Lipinski definition) is 7. The van der Waals surface area contributed by atoms with Crippen LogP contribution >= 0.6 is 0 Å². The molecule has 0 unspecified atom stereocenters. The zero-order chi connectivity index (χ0) is 25.5. The highest BCUT2D eigenvalue weighted by atomic mass is 16.5. The van der Waals surface area contributed by atoms with Gasteiger partial charge in [-0.25, -0.2) is 4.79 Å². The second-order valence-corrected chi connectivity index (χ2v) is 8.37. The maximum Gasteiger partial charge on any atom is 0.337 e. The molecule has 4 rings (SSSR count). The Hall–Kier alpha value is -4.34. The summed E-state index contributed by atoms with van der Waals surface area (Å²) < 4.78 is 15.5. The second-order valence-electron chi connectivity index (χ2n) is 8.37. The first-order chi connectivity index (χ1) is 17.5. The van der Waals surface area contributed by atoms with Gasteiger partial charge in [-0.3, -0.25) is 19.3 Å². The summed E-state index contributed by atoms with van der Waals surface area (Å²) >= 11 is 0. The van der Waals surface area contributed by atoms with Crippen molar-refractivity contribution in [3.8, 4) is 0 Å². The van der Waals surface area contributed by atoms with Crippen LogP contribution in [0.25, 0.3) is 0 Å². The first-order valence-corrected chi connectivity index (χ1v) is 11.6. The van der Waals surface area contributed by atoms with Crippen LogP contribution in [0.4, 0.5) is 5.69 Å². The van der Waals surface area contributed by atoms with E-state index >= 15 is 0 Å². The minimum atomic E-state index is -1.18. The van der Waals surface area contributed by atoms with E-state index in [1.54, 1.807) is 30.3 Å². The molecule has 10 heteroatoms. The molecule has 2 N–H and O–H groups in total. The summed E-state index contributed by atoms with van der Waals surface area (Å²) in [4.78, 5) is 52.9. The van der Waals surface area contributed by atoms with Crippen LogP contribution in [0.3, 0.4) is 0 Å². The number of hydrogen-bond donors (Lipinski definition) is 2. The summed E-state index contributed by atoms with van der Waals surface area (Å²) in [6.07, 6.45) is 6.49. The number of nitrogens with one attached hydrogen (secondary N) is 2. The Morgan fingerprint density at radius 2 is 1.78 bits per heavy atom. The van der Waals surface area contributed by atoms with Crippen molar-refractivity contribution < 1.29 is 32.7 Å². The van der Waals surface area contributed by atoms with Crippen LogP contribution in [-0.2, 0) is 14.3 Å². The molecule has 3 aromatic rings. The number of furan rings is 2. The number of nitrogens with zero attached hydrogens (tertiary/aromatic N) is 1. The standard InChI is InChI=1S/C26H27N3O7/c1-34-26(33)17-7-4-10-19(15-17)29(22(30)16-27-24(31)21-12-6-14-36-21)23(20-11-5-13-35-20)25(32)28-18-8-2-3-9-18/h4-7,10-15,18,23H,2-3,8-9,16H2,1H3,(H,27,31)(H,28,32)/t23-/m0/s1. The molecule has 188 valence electrons. The molecule has 0 bridgehead atoms. The maximum atomic E-state index is 13.6. The fourth-order valence-corrected chi connectivity index (χ4v) is 4.24. The summed E-state index contributed by atoms with van der Waals surface area (Å²) in [5.74, 6) is -1.92. The second kappa shape index (κ2) is 11.4. The Labute approximate surface area is 207 Å². The van der Waals surface area contributed by atoms with Crippen molar-refractivity contribution >= 4 is 29.4 Å². The Bertz CT molecular complexity index is 1200. The van der Waals surface area contributed by atoms with E-state index in [-0.39, 0.29) is 28.8 Å². The van der Waals surface area contributed by atoms with Crippen molar-refractivity contribution in [3.63, 3.8) is 0 Å². The molecule has 36 heavy (non-hydrogen) atoms. The van der Waals surface area contributed by atoms with Crippen molar-refractivity contribution in [3.05, 3.63) is 78.1 Å². The highest BCUT2D eigenvalue weighted by Gasteiger charge is 2.36. The number of carbonyl (C=O) groups is 4. The maximum absolute atomic E-state index is 13.6. The van der Waals surface area contributed by atoms with Crippen LogP contribution in [0.15, 0.2) is 69.9 Å². The van der Waals surface area contributed by atoms with E-state index in [4.69, 9.17) is 13.6 Å². The Morgan fingerprint density at radius 1 is 1.03 bits per heavy atom. The van der Waals surface area contributed by atoms with Crippen LogP contribution in [0, 0.1) is 0 Å². The molecular formula is C26H27N3O7. The molecule has 3 amide bonds.